The minimum absolute atomic E-state index is 0.0937. The molecule has 2 heteroatoms. The molecule has 0 aromatic heterocycles. The molecule has 0 fully saturated rings. The Labute approximate surface area is 77.1 Å². The number of hydrogen-bond acceptors (Lipinski definition) is 2. The molecule has 1 aliphatic carbocycles. The predicted octanol–water partition coefficient (Wildman–Crippen LogP) is 1.37. The van der Waals surface area contributed by atoms with Gasteiger partial charge in [-0.15, -0.1) is 0 Å². The SMILES string of the molecule is CC1(c2ccccc2)C(=O)C=C1N. The van der Waals surface area contributed by atoms with Gasteiger partial charge in [0.15, 0.2) is 5.78 Å². The van der Waals surface area contributed by atoms with E-state index in [0.717, 1.165) is 5.56 Å². The highest BCUT2D eigenvalue weighted by atomic mass is 16.1. The van der Waals surface area contributed by atoms with Gasteiger partial charge >= 0.3 is 0 Å². The van der Waals surface area contributed by atoms with Crippen LogP contribution in [0.25, 0.3) is 0 Å². The van der Waals surface area contributed by atoms with E-state index in [1.807, 2.05) is 37.3 Å². The zero-order chi connectivity index (χ0) is 9.47. The van der Waals surface area contributed by atoms with Crippen molar-refractivity contribution in [3.8, 4) is 0 Å². The van der Waals surface area contributed by atoms with E-state index in [-0.39, 0.29) is 5.78 Å². The molecule has 2 nitrogen and oxygen atoms in total. The highest BCUT2D eigenvalue weighted by molar-refractivity contribution is 6.08. The molecule has 1 unspecified atom stereocenters. The number of carbonyl (C=O) groups is 1. The summed E-state index contributed by atoms with van der Waals surface area (Å²) in [5.74, 6) is 0.0937. The second-order valence-electron chi connectivity index (χ2n) is 3.45. The second kappa shape index (κ2) is 2.46. The summed E-state index contributed by atoms with van der Waals surface area (Å²) in [7, 11) is 0. The Morgan fingerprint density at radius 1 is 1.23 bits per heavy atom. The van der Waals surface area contributed by atoms with E-state index in [1.165, 1.54) is 6.08 Å². The van der Waals surface area contributed by atoms with Crippen molar-refractivity contribution >= 4 is 5.78 Å². The van der Waals surface area contributed by atoms with Crippen molar-refractivity contribution in [2.45, 2.75) is 12.3 Å². The Kier molecular flexibility index (Phi) is 1.52. The van der Waals surface area contributed by atoms with Gasteiger partial charge in [0.05, 0.1) is 5.41 Å². The van der Waals surface area contributed by atoms with Gasteiger partial charge < -0.3 is 5.73 Å². The minimum Gasteiger partial charge on any atom is -0.401 e. The van der Waals surface area contributed by atoms with E-state index in [4.69, 9.17) is 5.73 Å². The number of rotatable bonds is 1. The summed E-state index contributed by atoms with van der Waals surface area (Å²) in [6, 6.07) is 9.62. The molecule has 13 heavy (non-hydrogen) atoms. The summed E-state index contributed by atoms with van der Waals surface area (Å²) in [6.45, 7) is 1.86. The topological polar surface area (TPSA) is 43.1 Å². The van der Waals surface area contributed by atoms with Gasteiger partial charge in [-0.05, 0) is 12.5 Å². The maximum Gasteiger partial charge on any atom is 0.173 e. The smallest absolute Gasteiger partial charge is 0.173 e. The van der Waals surface area contributed by atoms with Gasteiger partial charge in [-0.25, -0.2) is 0 Å². The van der Waals surface area contributed by atoms with Gasteiger partial charge in [-0.1, -0.05) is 30.3 Å². The number of ketones is 1. The van der Waals surface area contributed by atoms with Crippen molar-refractivity contribution < 1.29 is 4.79 Å². The van der Waals surface area contributed by atoms with Gasteiger partial charge in [-0.2, -0.15) is 0 Å². The zero-order valence-electron chi connectivity index (χ0n) is 7.45. The summed E-state index contributed by atoms with van der Waals surface area (Å²) >= 11 is 0. The first-order valence-corrected chi connectivity index (χ1v) is 4.23. The lowest BCUT2D eigenvalue weighted by atomic mass is 9.68. The lowest BCUT2D eigenvalue weighted by molar-refractivity contribution is -0.120. The summed E-state index contributed by atoms with van der Waals surface area (Å²) in [4.78, 5) is 11.4. The van der Waals surface area contributed by atoms with Crippen molar-refractivity contribution in [2.24, 2.45) is 5.73 Å². The van der Waals surface area contributed by atoms with Gasteiger partial charge in [0.1, 0.15) is 0 Å². The highest BCUT2D eigenvalue weighted by Gasteiger charge is 2.43. The van der Waals surface area contributed by atoms with Gasteiger partial charge in [0.25, 0.3) is 0 Å². The molecule has 0 amide bonds. The Balaban J connectivity index is 2.49. The monoisotopic (exact) mass is 173 g/mol. The Bertz CT molecular complexity index is 380. The van der Waals surface area contributed by atoms with Crippen LogP contribution in [0.1, 0.15) is 12.5 Å². The summed E-state index contributed by atoms with van der Waals surface area (Å²) in [6.07, 6.45) is 1.49. The summed E-state index contributed by atoms with van der Waals surface area (Å²) in [5, 5.41) is 0. The number of benzene rings is 1. The largest absolute Gasteiger partial charge is 0.401 e. The van der Waals surface area contributed by atoms with E-state index in [2.05, 4.69) is 0 Å². The summed E-state index contributed by atoms with van der Waals surface area (Å²) in [5.41, 5.74) is 6.78. The van der Waals surface area contributed by atoms with Crippen LogP contribution in [-0.4, -0.2) is 5.78 Å². The first-order chi connectivity index (χ1) is 6.15. The van der Waals surface area contributed by atoms with Gasteiger partial charge in [0, 0.05) is 11.8 Å². The van der Waals surface area contributed by atoms with Crippen molar-refractivity contribution in [3.63, 3.8) is 0 Å². The molecule has 66 valence electrons. The van der Waals surface area contributed by atoms with Gasteiger partial charge in [-0.3, -0.25) is 4.79 Å². The highest BCUT2D eigenvalue weighted by Crippen LogP contribution is 2.37. The molecule has 0 saturated carbocycles. The van der Waals surface area contributed by atoms with Crippen molar-refractivity contribution in [1.82, 2.24) is 0 Å². The van der Waals surface area contributed by atoms with Crippen LogP contribution in [0.3, 0.4) is 0 Å². The quantitative estimate of drug-likeness (QED) is 0.697. The Hall–Kier alpha value is -1.57. The zero-order valence-corrected chi connectivity index (χ0v) is 7.45. The van der Waals surface area contributed by atoms with E-state index >= 15 is 0 Å². The molecule has 1 aliphatic rings. The van der Waals surface area contributed by atoms with E-state index in [1.54, 1.807) is 0 Å². The number of nitrogens with two attached hydrogens (primary N) is 1. The normalized spacial score (nSPS) is 26.5. The molecule has 1 aromatic rings. The molecular formula is C11H11NO. The number of allylic oxidation sites excluding steroid dienone is 2. The third-order valence-corrected chi connectivity index (χ3v) is 2.71. The average molecular weight is 173 g/mol. The van der Waals surface area contributed by atoms with Crippen LogP contribution < -0.4 is 5.73 Å². The molecular weight excluding hydrogens is 162 g/mol. The lowest BCUT2D eigenvalue weighted by Gasteiger charge is -2.34. The molecule has 1 aromatic carbocycles. The van der Waals surface area contributed by atoms with Crippen LogP contribution in [0.5, 0.6) is 0 Å². The fourth-order valence-electron chi connectivity index (χ4n) is 1.57. The van der Waals surface area contributed by atoms with E-state index < -0.39 is 5.41 Å². The molecule has 0 heterocycles. The van der Waals surface area contributed by atoms with Crippen molar-refractivity contribution in [3.05, 3.63) is 47.7 Å². The first-order valence-electron chi connectivity index (χ1n) is 4.23. The van der Waals surface area contributed by atoms with Crippen molar-refractivity contribution in [2.75, 3.05) is 0 Å². The number of hydrogen-bond donors (Lipinski definition) is 1. The van der Waals surface area contributed by atoms with Crippen LogP contribution in [0.4, 0.5) is 0 Å². The van der Waals surface area contributed by atoms with Crippen molar-refractivity contribution in [1.29, 1.82) is 0 Å². The maximum absolute atomic E-state index is 11.4. The molecule has 0 radical (unpaired) electrons. The molecule has 0 saturated heterocycles. The molecule has 2 N–H and O–H groups in total. The molecule has 1 atom stereocenters. The third-order valence-electron chi connectivity index (χ3n) is 2.71. The standard InChI is InChI=1S/C11H11NO/c1-11(9(12)7-10(11)13)8-5-3-2-4-6-8/h2-7H,12H2,1H3. The van der Waals surface area contributed by atoms with Crippen LogP contribution in [0.2, 0.25) is 0 Å². The summed E-state index contributed by atoms with van der Waals surface area (Å²) < 4.78 is 0. The first kappa shape index (κ1) is 8.05. The average Bonchev–Trinajstić information content (AvgIpc) is 2.18. The Morgan fingerprint density at radius 2 is 1.85 bits per heavy atom. The van der Waals surface area contributed by atoms with Crippen LogP contribution in [-0.2, 0) is 10.2 Å². The fraction of sp³-hybridized carbons (Fsp3) is 0.182. The second-order valence-corrected chi connectivity index (χ2v) is 3.45. The lowest BCUT2D eigenvalue weighted by Crippen LogP contribution is -2.45. The predicted molar refractivity (Wildman–Crippen MR) is 51.1 cm³/mol. The Morgan fingerprint density at radius 3 is 2.31 bits per heavy atom. The molecule has 0 aliphatic heterocycles. The maximum atomic E-state index is 11.4. The minimum atomic E-state index is -0.568. The fourth-order valence-corrected chi connectivity index (χ4v) is 1.57. The van der Waals surface area contributed by atoms with Crippen LogP contribution in [0.15, 0.2) is 42.1 Å². The number of carbonyl (C=O) groups excluding carboxylic acids is 1. The molecule has 0 spiro atoms. The van der Waals surface area contributed by atoms with Gasteiger partial charge in [0.2, 0.25) is 0 Å². The molecule has 0 bridgehead atoms. The van der Waals surface area contributed by atoms with Crippen LogP contribution >= 0.6 is 0 Å². The third kappa shape index (κ3) is 0.917. The molecule has 2 rings (SSSR count). The van der Waals surface area contributed by atoms with Crippen LogP contribution in [0, 0.1) is 0 Å². The van der Waals surface area contributed by atoms with E-state index in [9.17, 15) is 4.79 Å². The van der Waals surface area contributed by atoms with E-state index in [0.29, 0.717) is 5.70 Å².